The Morgan fingerprint density at radius 2 is 2.04 bits per heavy atom. The van der Waals surface area contributed by atoms with Crippen LogP contribution in [0.3, 0.4) is 0 Å². The first-order chi connectivity index (χ1) is 21.8. The van der Waals surface area contributed by atoms with E-state index in [4.69, 9.17) is 14.1 Å². The van der Waals surface area contributed by atoms with E-state index in [9.17, 15) is 9.59 Å². The van der Waals surface area contributed by atoms with Crippen LogP contribution in [-0.4, -0.2) is 78.2 Å². The number of likely N-dealkylation sites (tertiary alicyclic amines) is 1. The maximum Gasteiger partial charge on any atom is 0.394 e. The standard InChI is InChI=1S/C31H34N10O4/c1-17-12-33-30(37-25-11-18(2)40(3)39-25)38-27(17)22-13-32-28-21(22)5-4-6-23(28)35-26(42)15-41-10-9-20(14-41)45-31-36-24(16-44-31)29(43)34-19-7-8-19/h4-6,11-13,16,19-20,32H,7-10,14-15H2,1-3H3,(H,34,43)(H,35,42)(H,33,37,38,39)/t20-/m0/s1. The Balaban J connectivity index is 0.985. The zero-order valence-corrected chi connectivity index (χ0v) is 25.3. The van der Waals surface area contributed by atoms with Gasteiger partial charge >= 0.3 is 6.08 Å². The lowest BCUT2D eigenvalue weighted by atomic mass is 10.1. The van der Waals surface area contributed by atoms with Crippen molar-refractivity contribution < 1.29 is 18.7 Å². The molecule has 1 aromatic carbocycles. The summed E-state index contributed by atoms with van der Waals surface area (Å²) in [4.78, 5) is 44.0. The number of aromatic nitrogens is 6. The van der Waals surface area contributed by atoms with Crippen LogP contribution < -0.4 is 20.7 Å². The van der Waals surface area contributed by atoms with Crippen molar-refractivity contribution >= 4 is 40.2 Å². The molecule has 5 aromatic rings. The molecular weight excluding hydrogens is 576 g/mol. The number of ether oxygens (including phenoxy) is 1. The minimum Gasteiger partial charge on any atom is -0.445 e. The number of aryl methyl sites for hydroxylation is 3. The highest BCUT2D eigenvalue weighted by Crippen LogP contribution is 2.33. The van der Waals surface area contributed by atoms with Gasteiger partial charge in [-0.25, -0.2) is 9.97 Å². The van der Waals surface area contributed by atoms with Crippen LogP contribution in [0.4, 0.5) is 17.5 Å². The number of nitrogens with zero attached hydrogens (tertiary/aromatic N) is 6. The topological polar surface area (TPSA) is 168 Å². The molecule has 0 bridgehead atoms. The predicted molar refractivity (Wildman–Crippen MR) is 166 cm³/mol. The Morgan fingerprint density at radius 1 is 1.18 bits per heavy atom. The summed E-state index contributed by atoms with van der Waals surface area (Å²) in [5.74, 6) is 0.728. The molecule has 1 saturated carbocycles. The van der Waals surface area contributed by atoms with Crippen LogP contribution in [0, 0.1) is 13.8 Å². The molecule has 0 spiro atoms. The van der Waals surface area contributed by atoms with E-state index in [1.807, 2.05) is 56.3 Å². The third-order valence-electron chi connectivity index (χ3n) is 8.06. The van der Waals surface area contributed by atoms with Crippen molar-refractivity contribution in [2.24, 2.45) is 7.05 Å². The lowest BCUT2D eigenvalue weighted by molar-refractivity contribution is -0.117. The van der Waals surface area contributed by atoms with Gasteiger partial charge < -0.3 is 30.1 Å². The van der Waals surface area contributed by atoms with Gasteiger partial charge in [-0.05, 0) is 44.7 Å². The minimum atomic E-state index is -0.255. The molecule has 14 heteroatoms. The summed E-state index contributed by atoms with van der Waals surface area (Å²) >= 11 is 0. The third kappa shape index (κ3) is 6.22. The zero-order chi connectivity index (χ0) is 31.1. The molecule has 2 fully saturated rings. The Labute approximate surface area is 258 Å². The fourth-order valence-electron chi connectivity index (χ4n) is 5.44. The van der Waals surface area contributed by atoms with Gasteiger partial charge in [0.05, 0.1) is 23.4 Å². The summed E-state index contributed by atoms with van der Waals surface area (Å²) in [5.41, 5.74) is 5.31. The second-order valence-electron chi connectivity index (χ2n) is 11.6. The van der Waals surface area contributed by atoms with Gasteiger partial charge in [0.1, 0.15) is 12.4 Å². The number of amides is 2. The third-order valence-corrected chi connectivity index (χ3v) is 8.06. The molecule has 45 heavy (non-hydrogen) atoms. The molecule has 232 valence electrons. The average Bonchev–Trinajstić information content (AvgIpc) is 3.35. The Morgan fingerprint density at radius 3 is 2.84 bits per heavy atom. The summed E-state index contributed by atoms with van der Waals surface area (Å²) < 4.78 is 13.0. The summed E-state index contributed by atoms with van der Waals surface area (Å²) in [5, 5.41) is 14.5. The van der Waals surface area contributed by atoms with Gasteiger partial charge in [0.15, 0.2) is 11.5 Å². The summed E-state index contributed by atoms with van der Waals surface area (Å²) in [6.45, 7) is 5.38. The van der Waals surface area contributed by atoms with Gasteiger partial charge in [-0.1, -0.05) is 12.1 Å². The van der Waals surface area contributed by atoms with Crippen LogP contribution in [0.25, 0.3) is 22.2 Å². The molecule has 0 radical (unpaired) electrons. The number of hydrogen-bond donors (Lipinski definition) is 4. The highest BCUT2D eigenvalue weighted by molar-refractivity contribution is 6.06. The fourth-order valence-corrected chi connectivity index (χ4v) is 5.44. The lowest BCUT2D eigenvalue weighted by Gasteiger charge is -2.15. The van der Waals surface area contributed by atoms with Gasteiger partial charge in [0.25, 0.3) is 5.91 Å². The first kappa shape index (κ1) is 28.5. The van der Waals surface area contributed by atoms with Crippen LogP contribution >= 0.6 is 0 Å². The van der Waals surface area contributed by atoms with Gasteiger partial charge in [0, 0.05) is 61.3 Å². The predicted octanol–water partition coefficient (Wildman–Crippen LogP) is 3.69. The van der Waals surface area contributed by atoms with Crippen molar-refractivity contribution in [3.63, 3.8) is 0 Å². The van der Waals surface area contributed by atoms with Gasteiger partial charge in [-0.3, -0.25) is 19.2 Å². The number of para-hydroxylation sites is 1. The molecule has 1 aliphatic carbocycles. The zero-order valence-electron chi connectivity index (χ0n) is 25.3. The van der Waals surface area contributed by atoms with E-state index in [0.29, 0.717) is 37.0 Å². The smallest absolute Gasteiger partial charge is 0.394 e. The molecule has 4 aromatic heterocycles. The van der Waals surface area contributed by atoms with Crippen LogP contribution in [0.2, 0.25) is 0 Å². The number of aromatic amines is 1. The average molecular weight is 611 g/mol. The fraction of sp³-hybridized carbons (Fsp3) is 0.355. The number of hydrogen-bond acceptors (Lipinski definition) is 10. The van der Waals surface area contributed by atoms with E-state index in [-0.39, 0.29) is 42.3 Å². The SMILES string of the molecule is Cc1cnc(Nc2cc(C)n(C)n2)nc1-c1c[nH]c2c(NC(=O)CN3CC[C@H](Oc4nc(C(=O)NC5CC5)co4)C3)cccc12. The van der Waals surface area contributed by atoms with E-state index in [1.165, 1.54) is 6.26 Å². The molecule has 0 unspecified atom stereocenters. The highest BCUT2D eigenvalue weighted by atomic mass is 16.6. The van der Waals surface area contributed by atoms with E-state index in [2.05, 4.69) is 36.0 Å². The van der Waals surface area contributed by atoms with E-state index < -0.39 is 0 Å². The van der Waals surface area contributed by atoms with E-state index in [1.54, 1.807) is 10.9 Å². The molecule has 4 N–H and O–H groups in total. The first-order valence-electron chi connectivity index (χ1n) is 15.0. The molecule has 1 saturated heterocycles. The number of anilines is 3. The molecular formula is C31H34N10O4. The Kier molecular flexibility index (Phi) is 7.41. The minimum absolute atomic E-state index is 0.0649. The first-order valence-corrected chi connectivity index (χ1v) is 15.0. The molecule has 2 aliphatic rings. The van der Waals surface area contributed by atoms with Crippen LogP contribution in [0.1, 0.15) is 41.0 Å². The number of fused-ring (bicyclic) bond motifs is 1. The summed E-state index contributed by atoms with van der Waals surface area (Å²) in [7, 11) is 1.88. The summed E-state index contributed by atoms with van der Waals surface area (Å²) in [6.07, 6.45) is 7.57. The lowest BCUT2D eigenvalue weighted by Crippen LogP contribution is -2.33. The van der Waals surface area contributed by atoms with Crippen molar-refractivity contribution in [1.29, 1.82) is 0 Å². The number of benzene rings is 1. The molecule has 1 atom stereocenters. The molecule has 5 heterocycles. The quantitative estimate of drug-likeness (QED) is 0.183. The Hall–Kier alpha value is -5.24. The number of rotatable bonds is 10. The van der Waals surface area contributed by atoms with E-state index in [0.717, 1.165) is 46.3 Å². The monoisotopic (exact) mass is 610 g/mol. The van der Waals surface area contributed by atoms with Gasteiger partial charge in [-0.2, -0.15) is 10.1 Å². The number of carbonyl (C=O) groups is 2. The van der Waals surface area contributed by atoms with Crippen LogP contribution in [0.15, 0.2) is 47.3 Å². The molecule has 7 rings (SSSR count). The molecule has 14 nitrogen and oxygen atoms in total. The summed E-state index contributed by atoms with van der Waals surface area (Å²) in [6, 6.07) is 7.96. The Bertz CT molecular complexity index is 1870. The highest BCUT2D eigenvalue weighted by Gasteiger charge is 2.29. The number of carbonyl (C=O) groups excluding carboxylic acids is 2. The van der Waals surface area contributed by atoms with Crippen molar-refractivity contribution in [1.82, 2.24) is 39.9 Å². The largest absolute Gasteiger partial charge is 0.445 e. The number of H-pyrrole nitrogens is 1. The van der Waals surface area contributed by atoms with Gasteiger partial charge in [0.2, 0.25) is 11.9 Å². The van der Waals surface area contributed by atoms with Crippen molar-refractivity contribution in [2.45, 2.75) is 45.3 Å². The van der Waals surface area contributed by atoms with Crippen LogP contribution in [-0.2, 0) is 11.8 Å². The molecule has 2 amide bonds. The van der Waals surface area contributed by atoms with E-state index >= 15 is 0 Å². The second-order valence-corrected chi connectivity index (χ2v) is 11.6. The number of oxazole rings is 1. The van der Waals surface area contributed by atoms with Crippen molar-refractivity contribution in [2.75, 3.05) is 30.3 Å². The van der Waals surface area contributed by atoms with Crippen molar-refractivity contribution in [3.05, 3.63) is 59.9 Å². The van der Waals surface area contributed by atoms with Gasteiger partial charge in [-0.15, -0.1) is 0 Å². The molecule has 1 aliphatic heterocycles. The normalized spacial score (nSPS) is 16.6. The second kappa shape index (κ2) is 11.7. The van der Waals surface area contributed by atoms with Crippen molar-refractivity contribution in [3.8, 4) is 17.3 Å². The van der Waals surface area contributed by atoms with Crippen LogP contribution in [0.5, 0.6) is 6.08 Å². The maximum atomic E-state index is 13.1. The number of nitrogens with one attached hydrogen (secondary N) is 4. The maximum absolute atomic E-state index is 13.1.